The molecule has 2 heterocycles. The molecule has 0 amide bonds. The van der Waals surface area contributed by atoms with E-state index in [0.29, 0.717) is 5.76 Å². The number of carbonyl (C=O) groups excluding carboxylic acids is 1. The van der Waals surface area contributed by atoms with Gasteiger partial charge >= 0.3 is 15.7 Å². The van der Waals surface area contributed by atoms with Crippen molar-refractivity contribution in [3.05, 3.63) is 81.8 Å². The van der Waals surface area contributed by atoms with Gasteiger partial charge in [-0.3, -0.25) is 4.79 Å². The lowest BCUT2D eigenvalue weighted by atomic mass is 10.1. The van der Waals surface area contributed by atoms with E-state index in [4.69, 9.17) is 13.0 Å². The Morgan fingerprint density at radius 2 is 1.82 bits per heavy atom. The predicted molar refractivity (Wildman–Crippen MR) is 100 cm³/mol. The molecule has 0 spiro atoms. The van der Waals surface area contributed by atoms with Crippen LogP contribution in [0, 0.1) is 13.8 Å². The van der Waals surface area contributed by atoms with E-state index in [0.717, 1.165) is 5.56 Å². The maximum atomic E-state index is 12.6. The molecular weight excluding hydrogens is 384 g/mol. The molecule has 3 aromatic rings. The highest BCUT2D eigenvalue weighted by atomic mass is 32.2. The number of Topliss-reactive ketones (excluding diaryl/α,β-unsaturated/α-hetero) is 1. The van der Waals surface area contributed by atoms with Crippen LogP contribution < -0.4 is 9.81 Å². The van der Waals surface area contributed by atoms with Crippen molar-refractivity contribution in [3.63, 3.8) is 0 Å². The van der Waals surface area contributed by atoms with Gasteiger partial charge in [0, 0.05) is 18.9 Å². The van der Waals surface area contributed by atoms with Crippen LogP contribution in [0.2, 0.25) is 0 Å². The van der Waals surface area contributed by atoms with Gasteiger partial charge in [-0.25, -0.2) is 4.79 Å². The number of hydrogen-bond acceptors (Lipinski definition) is 7. The van der Waals surface area contributed by atoms with Crippen molar-refractivity contribution in [2.75, 3.05) is 0 Å². The molecule has 0 N–H and O–H groups in total. The van der Waals surface area contributed by atoms with Gasteiger partial charge in [-0.05, 0) is 38.1 Å². The smallest absolute Gasteiger partial charge is 0.350 e. The van der Waals surface area contributed by atoms with E-state index < -0.39 is 27.1 Å². The summed E-state index contributed by atoms with van der Waals surface area (Å²) in [7, 11) is -4.23. The lowest BCUT2D eigenvalue weighted by molar-refractivity contribution is 0.0975. The number of carbonyl (C=O) groups is 1. The van der Waals surface area contributed by atoms with Crippen LogP contribution in [0.4, 0.5) is 0 Å². The van der Waals surface area contributed by atoms with Crippen LogP contribution in [0.1, 0.15) is 33.9 Å². The summed E-state index contributed by atoms with van der Waals surface area (Å²) in [6.45, 7) is 3.28. The van der Waals surface area contributed by atoms with Crippen LogP contribution in [0.25, 0.3) is 0 Å². The molecule has 0 saturated heterocycles. The van der Waals surface area contributed by atoms with Crippen molar-refractivity contribution in [1.29, 1.82) is 0 Å². The number of furan rings is 1. The Labute approximate surface area is 161 Å². The number of rotatable bonds is 7. The summed E-state index contributed by atoms with van der Waals surface area (Å²) in [5, 5.41) is 0. The van der Waals surface area contributed by atoms with Crippen LogP contribution in [0.5, 0.6) is 5.75 Å². The third-order valence-electron chi connectivity index (χ3n) is 4.01. The summed E-state index contributed by atoms with van der Waals surface area (Å²) in [5.41, 5.74) is -0.504. The third-order valence-corrected chi connectivity index (χ3v) is 5.25. The van der Waals surface area contributed by atoms with Crippen molar-refractivity contribution >= 4 is 15.9 Å². The summed E-state index contributed by atoms with van der Waals surface area (Å²) < 4.78 is 40.4. The van der Waals surface area contributed by atoms with Crippen molar-refractivity contribution in [2.45, 2.75) is 31.6 Å². The minimum absolute atomic E-state index is 0.0672. The summed E-state index contributed by atoms with van der Waals surface area (Å²) in [4.78, 5) is 24.7. The molecule has 2 aromatic heterocycles. The van der Waals surface area contributed by atoms with Gasteiger partial charge in [0.1, 0.15) is 22.0 Å². The topological polar surface area (TPSA) is 104 Å². The van der Waals surface area contributed by atoms with E-state index in [1.165, 1.54) is 31.4 Å². The van der Waals surface area contributed by atoms with Gasteiger partial charge < -0.3 is 13.0 Å². The van der Waals surface area contributed by atoms with Crippen LogP contribution in [0.15, 0.2) is 67.3 Å². The van der Waals surface area contributed by atoms with Crippen molar-refractivity contribution in [1.82, 2.24) is 0 Å². The summed E-state index contributed by atoms with van der Waals surface area (Å²) in [5.74, 6) is -0.251. The summed E-state index contributed by atoms with van der Waals surface area (Å²) in [6.07, 6.45) is 1.66. The second-order valence-corrected chi connectivity index (χ2v) is 7.78. The minimum atomic E-state index is -4.23. The van der Waals surface area contributed by atoms with Crippen LogP contribution >= 0.6 is 0 Å². The molecule has 0 bridgehead atoms. The van der Waals surface area contributed by atoms with Gasteiger partial charge in [0.2, 0.25) is 0 Å². The Bertz CT molecular complexity index is 1140. The molecule has 146 valence electrons. The first-order chi connectivity index (χ1) is 13.3. The van der Waals surface area contributed by atoms with E-state index in [1.807, 2.05) is 6.92 Å². The summed E-state index contributed by atoms with van der Waals surface area (Å²) >= 11 is 0. The van der Waals surface area contributed by atoms with E-state index >= 15 is 0 Å². The number of ketones is 1. The molecule has 0 radical (unpaired) electrons. The first kappa shape index (κ1) is 19.6. The van der Waals surface area contributed by atoms with Gasteiger partial charge in [-0.2, -0.15) is 8.42 Å². The average Bonchev–Trinajstić information content (AvgIpc) is 3.13. The maximum absolute atomic E-state index is 12.6. The summed E-state index contributed by atoms with van der Waals surface area (Å²) in [6, 6.07) is 10.6. The number of benzene rings is 1. The second kappa shape index (κ2) is 7.85. The molecule has 0 fully saturated rings. The Hall–Kier alpha value is -3.13. The highest BCUT2D eigenvalue weighted by molar-refractivity contribution is 7.87. The predicted octanol–water partition coefficient (Wildman–Crippen LogP) is 3.43. The molecule has 0 saturated carbocycles. The quantitative estimate of drug-likeness (QED) is 0.440. The molecule has 28 heavy (non-hydrogen) atoms. The molecule has 1 aromatic carbocycles. The van der Waals surface area contributed by atoms with Gasteiger partial charge in [-0.1, -0.05) is 17.7 Å². The van der Waals surface area contributed by atoms with E-state index in [9.17, 15) is 18.0 Å². The van der Waals surface area contributed by atoms with Gasteiger partial charge in [0.25, 0.3) is 0 Å². The SMILES string of the molecule is Cc1ccc(S(=O)(=O)Oc2cc(C)oc(=O)c2C(=O)CCc2ccco2)cc1. The van der Waals surface area contributed by atoms with Crippen molar-refractivity contribution in [2.24, 2.45) is 0 Å². The Kier molecular flexibility index (Phi) is 5.51. The normalized spacial score (nSPS) is 11.4. The standard InChI is InChI=1S/C20H18O7S/c1-13-5-8-16(9-6-13)28(23,24)27-18-12-14(2)26-20(22)19(18)17(21)10-7-15-4-3-11-25-15/h3-6,8-9,11-12H,7,10H2,1-2H3. The molecule has 0 aliphatic heterocycles. The fourth-order valence-electron chi connectivity index (χ4n) is 2.59. The van der Waals surface area contributed by atoms with Crippen LogP contribution in [0.3, 0.4) is 0 Å². The lowest BCUT2D eigenvalue weighted by Crippen LogP contribution is -2.20. The van der Waals surface area contributed by atoms with Gasteiger partial charge in [0.05, 0.1) is 6.26 Å². The fraction of sp³-hybridized carbons (Fsp3) is 0.200. The average molecular weight is 402 g/mol. The van der Waals surface area contributed by atoms with Crippen molar-refractivity contribution < 1.29 is 26.2 Å². The van der Waals surface area contributed by atoms with E-state index in [-0.39, 0.29) is 29.2 Å². The molecule has 0 aliphatic carbocycles. The number of aryl methyl sites for hydroxylation is 3. The maximum Gasteiger partial charge on any atom is 0.350 e. The monoisotopic (exact) mass is 402 g/mol. The van der Waals surface area contributed by atoms with Gasteiger partial charge in [0.15, 0.2) is 11.5 Å². The Morgan fingerprint density at radius 1 is 1.11 bits per heavy atom. The zero-order valence-corrected chi connectivity index (χ0v) is 16.1. The van der Waals surface area contributed by atoms with Gasteiger partial charge in [-0.15, -0.1) is 0 Å². The minimum Gasteiger partial charge on any atom is -0.469 e. The van der Waals surface area contributed by atoms with Crippen LogP contribution in [-0.4, -0.2) is 14.2 Å². The molecular formula is C20H18O7S. The molecule has 8 heteroatoms. The van der Waals surface area contributed by atoms with Crippen molar-refractivity contribution in [3.8, 4) is 5.75 Å². The molecule has 0 unspecified atom stereocenters. The molecule has 0 atom stereocenters. The van der Waals surface area contributed by atoms with E-state index in [2.05, 4.69) is 0 Å². The molecule has 7 nitrogen and oxygen atoms in total. The Balaban J connectivity index is 1.93. The third kappa shape index (κ3) is 4.40. The molecule has 3 rings (SSSR count). The first-order valence-electron chi connectivity index (χ1n) is 8.48. The second-order valence-electron chi connectivity index (χ2n) is 6.24. The van der Waals surface area contributed by atoms with E-state index in [1.54, 1.807) is 24.3 Å². The molecule has 0 aliphatic rings. The zero-order valence-electron chi connectivity index (χ0n) is 15.3. The lowest BCUT2D eigenvalue weighted by Gasteiger charge is -2.11. The highest BCUT2D eigenvalue weighted by Gasteiger charge is 2.25. The highest BCUT2D eigenvalue weighted by Crippen LogP contribution is 2.24. The first-order valence-corrected chi connectivity index (χ1v) is 9.88. The Morgan fingerprint density at radius 3 is 2.46 bits per heavy atom. The fourth-order valence-corrected chi connectivity index (χ4v) is 3.52. The van der Waals surface area contributed by atoms with Crippen LogP contribution in [-0.2, 0) is 16.5 Å². The zero-order chi connectivity index (χ0) is 20.3. The number of hydrogen-bond donors (Lipinski definition) is 0. The largest absolute Gasteiger partial charge is 0.469 e.